The van der Waals surface area contributed by atoms with Crippen LogP contribution in [-0.4, -0.2) is 49.3 Å². The first kappa shape index (κ1) is 17.1. The molecule has 0 spiro atoms. The Balaban J connectivity index is 1.73. The van der Waals surface area contributed by atoms with Gasteiger partial charge in [0.15, 0.2) is 0 Å². The van der Waals surface area contributed by atoms with E-state index < -0.39 is 5.60 Å². The minimum Gasteiger partial charge on any atom is -0.444 e. The minimum atomic E-state index is -0.466. The third-order valence-corrected chi connectivity index (χ3v) is 4.62. The largest absolute Gasteiger partial charge is 0.444 e. The van der Waals surface area contributed by atoms with Crippen LogP contribution >= 0.6 is 0 Å². The highest BCUT2D eigenvalue weighted by molar-refractivity contribution is 5.69. The number of ether oxygens (including phenoxy) is 1. The van der Waals surface area contributed by atoms with Gasteiger partial charge in [-0.15, -0.1) is 0 Å². The third-order valence-electron chi connectivity index (χ3n) is 4.62. The molecule has 24 heavy (non-hydrogen) atoms. The van der Waals surface area contributed by atoms with E-state index in [1.54, 1.807) is 0 Å². The van der Waals surface area contributed by atoms with E-state index >= 15 is 0 Å². The molecule has 0 aliphatic carbocycles. The van der Waals surface area contributed by atoms with Crippen molar-refractivity contribution in [3.05, 3.63) is 29.8 Å². The van der Waals surface area contributed by atoms with Crippen molar-refractivity contribution in [3.63, 3.8) is 0 Å². The zero-order chi connectivity index (χ0) is 17.2. The molecular formula is C19H29N3O2. The van der Waals surface area contributed by atoms with Crippen LogP contribution in [0.3, 0.4) is 0 Å². The number of hydrogen-bond acceptors (Lipinski definition) is 4. The van der Waals surface area contributed by atoms with Gasteiger partial charge in [-0.1, -0.05) is 12.1 Å². The van der Waals surface area contributed by atoms with Gasteiger partial charge in [-0.05, 0) is 51.3 Å². The van der Waals surface area contributed by atoms with Crippen LogP contribution < -0.4 is 10.2 Å². The van der Waals surface area contributed by atoms with Gasteiger partial charge in [0.25, 0.3) is 0 Å². The maximum atomic E-state index is 12.5. The smallest absolute Gasteiger partial charge is 0.410 e. The highest BCUT2D eigenvalue weighted by atomic mass is 16.6. The maximum Gasteiger partial charge on any atom is 0.410 e. The van der Waals surface area contributed by atoms with Crippen LogP contribution in [0.1, 0.15) is 45.2 Å². The highest BCUT2D eigenvalue weighted by Crippen LogP contribution is 2.27. The van der Waals surface area contributed by atoms with Gasteiger partial charge in [0.05, 0.1) is 6.04 Å². The van der Waals surface area contributed by atoms with Gasteiger partial charge >= 0.3 is 6.09 Å². The van der Waals surface area contributed by atoms with Crippen molar-refractivity contribution in [2.75, 3.05) is 37.6 Å². The summed E-state index contributed by atoms with van der Waals surface area (Å²) >= 11 is 0. The molecule has 1 aromatic carbocycles. The molecule has 1 aromatic rings. The molecule has 0 saturated carbocycles. The molecule has 5 heteroatoms. The van der Waals surface area contributed by atoms with E-state index in [0.717, 1.165) is 31.7 Å². The number of hydrogen-bond donors (Lipinski definition) is 1. The van der Waals surface area contributed by atoms with E-state index in [2.05, 4.69) is 34.5 Å². The first-order valence-electron chi connectivity index (χ1n) is 8.99. The summed E-state index contributed by atoms with van der Waals surface area (Å²) in [6.07, 6.45) is 2.33. The standard InChI is InChI=1S/C19H29N3O2/c1-19(2,3)24-18(23)22-13-10-20-14-17(22)15-6-8-16(9-7-15)21-11-4-5-12-21/h6-9,17,20H,4-5,10-14H2,1-3H3. The lowest BCUT2D eigenvalue weighted by molar-refractivity contribution is 0.0118. The second-order valence-electron chi connectivity index (χ2n) is 7.68. The summed E-state index contributed by atoms with van der Waals surface area (Å²) < 4.78 is 5.58. The first-order chi connectivity index (χ1) is 11.4. The van der Waals surface area contributed by atoms with Gasteiger partial charge in [-0.2, -0.15) is 0 Å². The summed E-state index contributed by atoms with van der Waals surface area (Å²) in [7, 11) is 0. The summed E-state index contributed by atoms with van der Waals surface area (Å²) in [5.74, 6) is 0. The monoisotopic (exact) mass is 331 g/mol. The number of anilines is 1. The fraction of sp³-hybridized carbons (Fsp3) is 0.632. The van der Waals surface area contributed by atoms with Crippen molar-refractivity contribution < 1.29 is 9.53 Å². The molecule has 2 aliphatic heterocycles. The fourth-order valence-corrected chi connectivity index (χ4v) is 3.42. The molecule has 2 heterocycles. The summed E-state index contributed by atoms with van der Waals surface area (Å²) in [5, 5.41) is 3.39. The molecule has 1 atom stereocenters. The van der Waals surface area contributed by atoms with Crippen LogP contribution in [-0.2, 0) is 4.74 Å². The van der Waals surface area contributed by atoms with Crippen molar-refractivity contribution in [1.29, 1.82) is 0 Å². The van der Waals surface area contributed by atoms with Crippen LogP contribution in [0, 0.1) is 0 Å². The Kier molecular flexibility index (Phi) is 4.99. The predicted octanol–water partition coefficient (Wildman–Crippen LogP) is 3.17. The van der Waals surface area contributed by atoms with E-state index in [-0.39, 0.29) is 12.1 Å². The molecule has 2 fully saturated rings. The number of rotatable bonds is 2. The van der Waals surface area contributed by atoms with Crippen LogP contribution in [0.4, 0.5) is 10.5 Å². The quantitative estimate of drug-likeness (QED) is 0.904. The Hall–Kier alpha value is -1.75. The van der Waals surface area contributed by atoms with E-state index in [0.29, 0.717) is 6.54 Å². The predicted molar refractivity (Wildman–Crippen MR) is 96.4 cm³/mol. The Labute approximate surface area is 145 Å². The SMILES string of the molecule is CC(C)(C)OC(=O)N1CCNCC1c1ccc(N2CCCC2)cc1. The molecule has 1 N–H and O–H groups in total. The first-order valence-corrected chi connectivity index (χ1v) is 8.99. The van der Waals surface area contributed by atoms with Crippen molar-refractivity contribution in [1.82, 2.24) is 10.2 Å². The van der Waals surface area contributed by atoms with Crippen LogP contribution in [0.15, 0.2) is 24.3 Å². The number of carbonyl (C=O) groups is 1. The van der Waals surface area contributed by atoms with Crippen molar-refractivity contribution in [2.45, 2.75) is 45.3 Å². The van der Waals surface area contributed by atoms with Crippen LogP contribution in [0.5, 0.6) is 0 Å². The number of amides is 1. The summed E-state index contributed by atoms with van der Waals surface area (Å²) in [5.41, 5.74) is 1.98. The molecule has 2 aliphatic rings. The third kappa shape index (κ3) is 4.01. The Morgan fingerprint density at radius 1 is 1.12 bits per heavy atom. The van der Waals surface area contributed by atoms with E-state index in [9.17, 15) is 4.79 Å². The lowest BCUT2D eigenvalue weighted by Crippen LogP contribution is -2.50. The van der Waals surface area contributed by atoms with E-state index in [1.165, 1.54) is 18.5 Å². The molecular weight excluding hydrogens is 302 g/mol. The van der Waals surface area contributed by atoms with Crippen molar-refractivity contribution >= 4 is 11.8 Å². The number of nitrogens with zero attached hydrogens (tertiary/aromatic N) is 2. The average molecular weight is 331 g/mol. The Bertz CT molecular complexity index is 559. The van der Waals surface area contributed by atoms with Gasteiger partial charge < -0.3 is 15.0 Å². The number of piperazine rings is 1. The van der Waals surface area contributed by atoms with Gasteiger partial charge in [0.2, 0.25) is 0 Å². The Morgan fingerprint density at radius 2 is 1.79 bits per heavy atom. The molecule has 1 unspecified atom stereocenters. The molecule has 1 amide bonds. The molecule has 132 valence electrons. The molecule has 0 radical (unpaired) electrons. The average Bonchev–Trinajstić information content (AvgIpc) is 3.08. The summed E-state index contributed by atoms with van der Waals surface area (Å²) in [4.78, 5) is 16.8. The van der Waals surface area contributed by atoms with Crippen LogP contribution in [0.25, 0.3) is 0 Å². The lowest BCUT2D eigenvalue weighted by Gasteiger charge is -2.37. The lowest BCUT2D eigenvalue weighted by atomic mass is 10.0. The van der Waals surface area contributed by atoms with Gasteiger partial charge in [0, 0.05) is 38.4 Å². The number of carbonyl (C=O) groups excluding carboxylic acids is 1. The molecule has 2 saturated heterocycles. The second kappa shape index (κ2) is 7.01. The zero-order valence-corrected chi connectivity index (χ0v) is 15.0. The zero-order valence-electron chi connectivity index (χ0n) is 15.0. The summed E-state index contributed by atoms with van der Waals surface area (Å²) in [6.45, 7) is 10.3. The van der Waals surface area contributed by atoms with Gasteiger partial charge in [0.1, 0.15) is 5.60 Å². The highest BCUT2D eigenvalue weighted by Gasteiger charge is 2.31. The molecule has 0 aromatic heterocycles. The van der Waals surface area contributed by atoms with Gasteiger partial charge in [-0.25, -0.2) is 4.79 Å². The number of nitrogens with one attached hydrogen (secondary N) is 1. The van der Waals surface area contributed by atoms with E-state index in [1.807, 2.05) is 25.7 Å². The molecule has 0 bridgehead atoms. The topological polar surface area (TPSA) is 44.8 Å². The van der Waals surface area contributed by atoms with E-state index in [4.69, 9.17) is 4.74 Å². The minimum absolute atomic E-state index is 0.0289. The molecule has 3 rings (SSSR count). The van der Waals surface area contributed by atoms with Crippen molar-refractivity contribution in [3.8, 4) is 0 Å². The second-order valence-corrected chi connectivity index (χ2v) is 7.68. The van der Waals surface area contributed by atoms with Crippen LogP contribution in [0.2, 0.25) is 0 Å². The number of benzene rings is 1. The van der Waals surface area contributed by atoms with Gasteiger partial charge in [-0.3, -0.25) is 4.90 Å². The molecule has 5 nitrogen and oxygen atoms in total. The maximum absolute atomic E-state index is 12.5. The normalized spacial score (nSPS) is 21.9. The Morgan fingerprint density at radius 3 is 2.42 bits per heavy atom. The van der Waals surface area contributed by atoms with Crippen molar-refractivity contribution in [2.24, 2.45) is 0 Å². The fourth-order valence-electron chi connectivity index (χ4n) is 3.42. The summed E-state index contributed by atoms with van der Waals surface area (Å²) in [6, 6.07) is 8.71.